The molecule has 0 aliphatic carbocycles. The number of ether oxygens (including phenoxy) is 2. The van der Waals surface area contributed by atoms with Gasteiger partial charge < -0.3 is 19.1 Å². The van der Waals surface area contributed by atoms with Crippen LogP contribution in [0.3, 0.4) is 0 Å². The molecule has 2 heterocycles. The van der Waals surface area contributed by atoms with Gasteiger partial charge in [-0.1, -0.05) is 16.4 Å². The summed E-state index contributed by atoms with van der Waals surface area (Å²) in [5.74, 6) is 1.18. The van der Waals surface area contributed by atoms with Crippen LogP contribution in [0.2, 0.25) is 0 Å². The van der Waals surface area contributed by atoms with Gasteiger partial charge >= 0.3 is 0 Å². The van der Waals surface area contributed by atoms with Crippen molar-refractivity contribution in [3.63, 3.8) is 0 Å². The van der Waals surface area contributed by atoms with Gasteiger partial charge in [-0.2, -0.15) is 9.97 Å². The Morgan fingerprint density at radius 2 is 1.64 bits per heavy atom. The van der Waals surface area contributed by atoms with Gasteiger partial charge in [-0.15, -0.1) is 0 Å². The minimum absolute atomic E-state index is 0.387. The van der Waals surface area contributed by atoms with Crippen LogP contribution in [0.25, 0.3) is 0 Å². The minimum Gasteiger partial charge on any atom is -0.481 e. The van der Waals surface area contributed by atoms with Crippen LogP contribution in [0.5, 0.6) is 11.8 Å². The third-order valence-corrected chi connectivity index (χ3v) is 3.70. The molecule has 2 aromatic heterocycles. The van der Waals surface area contributed by atoms with E-state index in [0.29, 0.717) is 29.9 Å². The fourth-order valence-corrected chi connectivity index (χ4v) is 2.28. The second-order valence-corrected chi connectivity index (χ2v) is 5.76. The summed E-state index contributed by atoms with van der Waals surface area (Å²) < 4.78 is 10.3. The molecule has 0 unspecified atom stereocenters. The lowest BCUT2D eigenvalue weighted by Gasteiger charge is -2.06. The van der Waals surface area contributed by atoms with Gasteiger partial charge in [-0.05, 0) is 38.8 Å². The van der Waals surface area contributed by atoms with Crippen LogP contribution in [-0.4, -0.2) is 54.3 Å². The predicted molar refractivity (Wildman–Crippen MR) is 105 cm³/mol. The smallest absolute Gasteiger partial charge is 0.220 e. The molecule has 2 rings (SSSR count). The second kappa shape index (κ2) is 10.8. The van der Waals surface area contributed by atoms with Crippen molar-refractivity contribution < 1.29 is 19.1 Å². The summed E-state index contributed by atoms with van der Waals surface area (Å²) in [5.41, 5.74) is 3.00. The first-order chi connectivity index (χ1) is 13.6. The first kappa shape index (κ1) is 21.1. The molecule has 150 valence electrons. The van der Waals surface area contributed by atoms with Gasteiger partial charge in [0.2, 0.25) is 11.8 Å². The van der Waals surface area contributed by atoms with Crippen LogP contribution in [0.15, 0.2) is 34.6 Å². The summed E-state index contributed by atoms with van der Waals surface area (Å²) in [5, 5.41) is 7.97. The molecule has 0 atom stereocenters. The van der Waals surface area contributed by atoms with Gasteiger partial charge in [0.25, 0.3) is 0 Å². The number of aromatic nitrogens is 3. The maximum absolute atomic E-state index is 5.39. The van der Waals surface area contributed by atoms with Gasteiger partial charge in [0.1, 0.15) is 25.1 Å². The average Bonchev–Trinajstić information content (AvgIpc) is 2.73. The lowest BCUT2D eigenvalue weighted by molar-refractivity contribution is 0.141. The summed E-state index contributed by atoms with van der Waals surface area (Å²) in [6.45, 7) is 4.05. The molecule has 0 aliphatic heterocycles. The third-order valence-electron chi connectivity index (χ3n) is 3.70. The molecule has 0 spiro atoms. The van der Waals surface area contributed by atoms with Crippen molar-refractivity contribution in [3.05, 3.63) is 41.5 Å². The molecule has 0 N–H and O–H groups in total. The molecule has 0 saturated carbocycles. The van der Waals surface area contributed by atoms with Crippen molar-refractivity contribution in [2.45, 2.75) is 26.7 Å². The molecule has 0 aromatic carbocycles. The Morgan fingerprint density at radius 3 is 2.29 bits per heavy atom. The number of methoxy groups -OCH3 is 2. The number of rotatable bonds is 10. The Labute approximate surface area is 164 Å². The summed E-state index contributed by atoms with van der Waals surface area (Å²) in [6, 6.07) is 7.41. The summed E-state index contributed by atoms with van der Waals surface area (Å²) in [6.07, 6.45) is 1.52. The average molecular weight is 387 g/mol. The van der Waals surface area contributed by atoms with Crippen molar-refractivity contribution in [2.75, 3.05) is 27.9 Å². The van der Waals surface area contributed by atoms with Gasteiger partial charge in [0, 0.05) is 5.69 Å². The molecule has 0 aliphatic rings. The van der Waals surface area contributed by atoms with Crippen LogP contribution < -0.4 is 9.47 Å². The van der Waals surface area contributed by atoms with Gasteiger partial charge in [-0.25, -0.2) is 0 Å². The van der Waals surface area contributed by atoms with E-state index in [2.05, 4.69) is 25.3 Å². The summed E-state index contributed by atoms with van der Waals surface area (Å²) in [7, 11) is 4.57. The number of nitrogens with zero attached hydrogens (tertiary/aromatic N) is 5. The molecular weight excluding hydrogens is 362 g/mol. The molecule has 2 aromatic rings. The molecule has 28 heavy (non-hydrogen) atoms. The lowest BCUT2D eigenvalue weighted by atomic mass is 10.2. The first-order valence-electron chi connectivity index (χ1n) is 8.75. The fraction of sp³-hybridized carbons (Fsp3) is 0.421. The number of aryl methyl sites for hydroxylation is 1. The predicted octanol–water partition coefficient (Wildman–Crippen LogP) is 2.63. The van der Waals surface area contributed by atoms with E-state index < -0.39 is 0 Å². The summed E-state index contributed by atoms with van der Waals surface area (Å²) in [4.78, 5) is 23.2. The largest absolute Gasteiger partial charge is 0.481 e. The van der Waals surface area contributed by atoms with E-state index in [-0.39, 0.29) is 0 Å². The monoisotopic (exact) mass is 387 g/mol. The maximum Gasteiger partial charge on any atom is 0.220 e. The Bertz CT molecular complexity index is 817. The first-order valence-corrected chi connectivity index (χ1v) is 8.75. The van der Waals surface area contributed by atoms with Crippen molar-refractivity contribution >= 4 is 11.4 Å². The Balaban J connectivity index is 1.89. The molecule has 0 bridgehead atoms. The molecule has 9 heteroatoms. The highest BCUT2D eigenvalue weighted by atomic mass is 16.6. The zero-order valence-corrected chi connectivity index (χ0v) is 16.8. The highest BCUT2D eigenvalue weighted by Gasteiger charge is 2.09. The van der Waals surface area contributed by atoms with Crippen LogP contribution >= 0.6 is 0 Å². The van der Waals surface area contributed by atoms with E-state index >= 15 is 0 Å². The number of hydrogen-bond donors (Lipinski definition) is 0. The standard InChI is InChI=1S/C19H25N5O4/c1-13(23-27-5)16-10-6-8-15(20-16)9-7-11-28-24-14(2)19-21-17(25-3)12-18(22-19)26-4/h6,8,10,12H,7,9,11H2,1-5H3. The van der Waals surface area contributed by atoms with E-state index in [1.54, 1.807) is 13.0 Å². The number of pyridine rings is 1. The van der Waals surface area contributed by atoms with Crippen LogP contribution in [0, 0.1) is 0 Å². The van der Waals surface area contributed by atoms with Gasteiger partial charge in [0.15, 0.2) is 5.82 Å². The van der Waals surface area contributed by atoms with Gasteiger partial charge in [0.05, 0.1) is 26.0 Å². The number of oxime groups is 2. The zero-order chi connectivity index (χ0) is 20.4. The normalized spacial score (nSPS) is 11.9. The SMILES string of the molecule is CON=C(C)c1cccc(CCCON=C(C)c2nc(OC)cc(OC)n2)n1. The molecular formula is C19H25N5O4. The molecule has 0 saturated heterocycles. The van der Waals surface area contributed by atoms with Crippen LogP contribution in [0.4, 0.5) is 0 Å². The van der Waals surface area contributed by atoms with Crippen molar-refractivity contribution in [3.8, 4) is 11.8 Å². The highest BCUT2D eigenvalue weighted by Crippen LogP contribution is 2.15. The molecule has 0 fully saturated rings. The third kappa shape index (κ3) is 6.19. The Kier molecular flexibility index (Phi) is 8.13. The molecule has 0 amide bonds. The second-order valence-electron chi connectivity index (χ2n) is 5.76. The summed E-state index contributed by atoms with van der Waals surface area (Å²) >= 11 is 0. The van der Waals surface area contributed by atoms with Crippen molar-refractivity contribution in [2.24, 2.45) is 10.3 Å². The van der Waals surface area contributed by atoms with Gasteiger partial charge in [-0.3, -0.25) is 4.98 Å². The number of hydrogen-bond acceptors (Lipinski definition) is 9. The van der Waals surface area contributed by atoms with E-state index in [1.807, 2.05) is 25.1 Å². The topological polar surface area (TPSA) is 100 Å². The van der Waals surface area contributed by atoms with Crippen LogP contribution in [-0.2, 0) is 16.1 Å². The van der Waals surface area contributed by atoms with Crippen LogP contribution in [0.1, 0.15) is 37.5 Å². The minimum atomic E-state index is 0.387. The fourth-order valence-electron chi connectivity index (χ4n) is 2.28. The van der Waals surface area contributed by atoms with E-state index in [0.717, 1.165) is 29.9 Å². The molecule has 9 nitrogen and oxygen atoms in total. The highest BCUT2D eigenvalue weighted by molar-refractivity contribution is 5.96. The van der Waals surface area contributed by atoms with E-state index in [4.69, 9.17) is 19.1 Å². The Morgan fingerprint density at radius 1 is 0.929 bits per heavy atom. The van der Waals surface area contributed by atoms with E-state index in [1.165, 1.54) is 21.3 Å². The quantitative estimate of drug-likeness (QED) is 0.351. The zero-order valence-electron chi connectivity index (χ0n) is 16.8. The van der Waals surface area contributed by atoms with E-state index in [9.17, 15) is 0 Å². The lowest BCUT2D eigenvalue weighted by Crippen LogP contribution is -2.07. The Hall–Kier alpha value is -3.23. The molecule has 0 radical (unpaired) electrons. The van der Waals surface area contributed by atoms with Crippen molar-refractivity contribution in [1.29, 1.82) is 0 Å². The maximum atomic E-state index is 5.39. The van der Waals surface area contributed by atoms with Crippen molar-refractivity contribution in [1.82, 2.24) is 15.0 Å².